The Morgan fingerprint density at radius 3 is 2.67 bits per heavy atom. The predicted octanol–water partition coefficient (Wildman–Crippen LogP) is 1.22. The second-order valence-corrected chi connectivity index (χ2v) is 5.12. The molecule has 0 unspecified atom stereocenters. The van der Waals surface area contributed by atoms with E-state index >= 15 is 0 Å². The van der Waals surface area contributed by atoms with E-state index in [1.165, 1.54) is 0 Å². The van der Waals surface area contributed by atoms with Crippen LogP contribution in [-0.2, 0) is 4.79 Å². The van der Waals surface area contributed by atoms with Crippen molar-refractivity contribution in [3.05, 3.63) is 18.1 Å². The number of carbonyl (C=O) groups is 1. The molecule has 6 heteroatoms. The molecular formula is C12H17BrN4O. The Bertz CT molecular complexity index is 418. The van der Waals surface area contributed by atoms with E-state index in [1.54, 1.807) is 6.33 Å². The number of halogens is 1. The standard InChI is InChI=1S/C12H17BrN4O/c1-10-8-11(15-9-14-10)16-4-6-17(7-5-16)12(18)2-3-13/h8-9H,2-7H2,1H3. The number of alkyl halides is 1. The molecule has 1 aromatic rings. The molecule has 1 saturated heterocycles. The highest BCUT2D eigenvalue weighted by molar-refractivity contribution is 9.09. The van der Waals surface area contributed by atoms with Gasteiger partial charge in [0.05, 0.1) is 0 Å². The van der Waals surface area contributed by atoms with Gasteiger partial charge in [-0.15, -0.1) is 0 Å². The van der Waals surface area contributed by atoms with Crippen molar-refractivity contribution in [1.82, 2.24) is 14.9 Å². The molecule has 1 fully saturated rings. The lowest BCUT2D eigenvalue weighted by Gasteiger charge is -2.35. The summed E-state index contributed by atoms with van der Waals surface area (Å²) in [7, 11) is 0. The first-order valence-corrected chi connectivity index (χ1v) is 7.20. The minimum Gasteiger partial charge on any atom is -0.353 e. The molecule has 1 aliphatic rings. The third-order valence-corrected chi connectivity index (χ3v) is 3.45. The lowest BCUT2D eigenvalue weighted by Crippen LogP contribution is -2.49. The first kappa shape index (κ1) is 13.3. The van der Waals surface area contributed by atoms with Crippen molar-refractivity contribution in [1.29, 1.82) is 0 Å². The molecule has 1 aromatic heterocycles. The van der Waals surface area contributed by atoms with E-state index in [9.17, 15) is 4.79 Å². The molecule has 18 heavy (non-hydrogen) atoms. The normalized spacial score (nSPS) is 15.9. The summed E-state index contributed by atoms with van der Waals surface area (Å²) >= 11 is 3.30. The molecule has 0 radical (unpaired) electrons. The molecular weight excluding hydrogens is 296 g/mol. The molecule has 1 amide bonds. The number of amides is 1. The molecule has 0 saturated carbocycles. The number of aromatic nitrogens is 2. The van der Waals surface area contributed by atoms with Crippen LogP contribution in [0.2, 0.25) is 0 Å². The van der Waals surface area contributed by atoms with Crippen LogP contribution >= 0.6 is 15.9 Å². The van der Waals surface area contributed by atoms with E-state index in [0.29, 0.717) is 6.42 Å². The van der Waals surface area contributed by atoms with E-state index in [-0.39, 0.29) is 5.91 Å². The van der Waals surface area contributed by atoms with E-state index in [2.05, 4.69) is 30.8 Å². The van der Waals surface area contributed by atoms with Crippen LogP contribution < -0.4 is 4.90 Å². The maximum Gasteiger partial charge on any atom is 0.223 e. The zero-order valence-electron chi connectivity index (χ0n) is 10.5. The van der Waals surface area contributed by atoms with Crippen LogP contribution in [0.1, 0.15) is 12.1 Å². The summed E-state index contributed by atoms with van der Waals surface area (Å²) in [5.74, 6) is 1.18. The number of carbonyl (C=O) groups excluding carboxylic acids is 1. The minimum absolute atomic E-state index is 0.227. The maximum atomic E-state index is 11.7. The highest BCUT2D eigenvalue weighted by Crippen LogP contribution is 2.14. The first-order chi connectivity index (χ1) is 8.70. The van der Waals surface area contributed by atoms with Crippen molar-refractivity contribution in [2.24, 2.45) is 0 Å². The lowest BCUT2D eigenvalue weighted by atomic mass is 10.2. The van der Waals surface area contributed by atoms with Crippen molar-refractivity contribution < 1.29 is 4.79 Å². The Labute approximate surface area is 115 Å². The molecule has 0 aromatic carbocycles. The maximum absolute atomic E-state index is 11.7. The van der Waals surface area contributed by atoms with Crippen molar-refractivity contribution >= 4 is 27.7 Å². The Morgan fingerprint density at radius 1 is 1.33 bits per heavy atom. The Hall–Kier alpha value is -1.17. The van der Waals surface area contributed by atoms with Crippen molar-refractivity contribution in [3.63, 3.8) is 0 Å². The fourth-order valence-electron chi connectivity index (χ4n) is 2.04. The monoisotopic (exact) mass is 312 g/mol. The van der Waals surface area contributed by atoms with Gasteiger partial charge in [-0.2, -0.15) is 0 Å². The zero-order valence-corrected chi connectivity index (χ0v) is 12.1. The summed E-state index contributed by atoms with van der Waals surface area (Å²) in [5.41, 5.74) is 0.970. The minimum atomic E-state index is 0.227. The molecule has 0 bridgehead atoms. The second-order valence-electron chi connectivity index (χ2n) is 4.32. The van der Waals surface area contributed by atoms with Crippen molar-refractivity contribution in [2.75, 3.05) is 36.4 Å². The highest BCUT2D eigenvalue weighted by Gasteiger charge is 2.21. The number of anilines is 1. The van der Waals surface area contributed by atoms with Crippen LogP contribution in [0.5, 0.6) is 0 Å². The smallest absolute Gasteiger partial charge is 0.223 e. The van der Waals surface area contributed by atoms with E-state index < -0.39 is 0 Å². The first-order valence-electron chi connectivity index (χ1n) is 6.08. The van der Waals surface area contributed by atoms with Gasteiger partial charge in [-0.3, -0.25) is 4.79 Å². The quantitative estimate of drug-likeness (QED) is 0.787. The van der Waals surface area contributed by atoms with Gasteiger partial charge < -0.3 is 9.80 Å². The summed E-state index contributed by atoms with van der Waals surface area (Å²) in [6.45, 7) is 5.18. The zero-order chi connectivity index (χ0) is 13.0. The molecule has 1 aliphatic heterocycles. The van der Waals surface area contributed by atoms with Crippen LogP contribution in [0, 0.1) is 6.92 Å². The third kappa shape index (κ3) is 3.19. The third-order valence-electron chi connectivity index (χ3n) is 3.05. The number of piperazine rings is 1. The van der Waals surface area contributed by atoms with Gasteiger partial charge in [0.25, 0.3) is 0 Å². The summed E-state index contributed by atoms with van der Waals surface area (Å²) in [6, 6.07) is 1.98. The number of nitrogens with zero attached hydrogens (tertiary/aromatic N) is 4. The SMILES string of the molecule is Cc1cc(N2CCN(C(=O)CCBr)CC2)ncn1. The fourth-order valence-corrected chi connectivity index (χ4v) is 2.38. The van der Waals surface area contributed by atoms with Gasteiger partial charge in [0, 0.05) is 49.7 Å². The van der Waals surface area contributed by atoms with E-state index in [4.69, 9.17) is 0 Å². The largest absolute Gasteiger partial charge is 0.353 e. The molecule has 5 nitrogen and oxygen atoms in total. The summed E-state index contributed by atoms with van der Waals surface area (Å²) in [4.78, 5) is 24.2. The lowest BCUT2D eigenvalue weighted by molar-refractivity contribution is -0.131. The molecule has 0 atom stereocenters. The average molecular weight is 313 g/mol. The number of hydrogen-bond acceptors (Lipinski definition) is 4. The van der Waals surface area contributed by atoms with Crippen LogP contribution in [0.4, 0.5) is 5.82 Å². The van der Waals surface area contributed by atoms with Crippen molar-refractivity contribution in [3.8, 4) is 0 Å². The highest BCUT2D eigenvalue weighted by atomic mass is 79.9. The van der Waals surface area contributed by atoms with Gasteiger partial charge in [-0.25, -0.2) is 9.97 Å². The van der Waals surface area contributed by atoms with Crippen molar-refractivity contribution in [2.45, 2.75) is 13.3 Å². The van der Waals surface area contributed by atoms with Crippen LogP contribution in [0.15, 0.2) is 12.4 Å². The van der Waals surface area contributed by atoms with Crippen LogP contribution in [-0.4, -0.2) is 52.3 Å². The molecule has 0 spiro atoms. The second kappa shape index (κ2) is 6.13. The van der Waals surface area contributed by atoms with E-state index in [1.807, 2.05) is 17.9 Å². The summed E-state index contributed by atoms with van der Waals surface area (Å²) < 4.78 is 0. The fraction of sp³-hybridized carbons (Fsp3) is 0.583. The van der Waals surface area contributed by atoms with Crippen LogP contribution in [0.3, 0.4) is 0 Å². The average Bonchev–Trinajstić information content (AvgIpc) is 2.39. The Kier molecular flexibility index (Phi) is 4.52. The number of rotatable bonds is 3. The predicted molar refractivity (Wildman–Crippen MR) is 74.0 cm³/mol. The number of aryl methyl sites for hydroxylation is 1. The summed E-state index contributed by atoms with van der Waals surface area (Å²) in [5, 5.41) is 0.733. The van der Waals surface area contributed by atoms with Gasteiger partial charge in [0.1, 0.15) is 12.1 Å². The molecule has 0 aliphatic carbocycles. The van der Waals surface area contributed by atoms with Gasteiger partial charge in [-0.05, 0) is 6.92 Å². The van der Waals surface area contributed by atoms with E-state index in [0.717, 1.165) is 43.0 Å². The molecule has 2 heterocycles. The van der Waals surface area contributed by atoms with Gasteiger partial charge in [0.15, 0.2) is 0 Å². The number of hydrogen-bond donors (Lipinski definition) is 0. The summed E-state index contributed by atoms with van der Waals surface area (Å²) in [6.07, 6.45) is 2.17. The topological polar surface area (TPSA) is 49.3 Å². The Balaban J connectivity index is 1.92. The van der Waals surface area contributed by atoms with Gasteiger partial charge in [0.2, 0.25) is 5.91 Å². The molecule has 0 N–H and O–H groups in total. The van der Waals surface area contributed by atoms with Crippen LogP contribution in [0.25, 0.3) is 0 Å². The van der Waals surface area contributed by atoms with Gasteiger partial charge in [-0.1, -0.05) is 15.9 Å². The molecule has 2 rings (SSSR count). The Morgan fingerprint density at radius 2 is 2.06 bits per heavy atom. The molecule has 98 valence electrons. The van der Waals surface area contributed by atoms with Gasteiger partial charge >= 0.3 is 0 Å².